The molecule has 0 spiro atoms. The Bertz CT molecular complexity index is 2520. The van der Waals surface area contributed by atoms with Gasteiger partial charge in [-0.25, -0.2) is 9.97 Å². The zero-order valence-corrected chi connectivity index (χ0v) is 30.4. The summed E-state index contributed by atoms with van der Waals surface area (Å²) in [5, 5.41) is 2.10. The highest BCUT2D eigenvalue weighted by Crippen LogP contribution is 2.53. The van der Waals surface area contributed by atoms with Crippen LogP contribution in [0.4, 0.5) is 17.1 Å². The molecule has 5 heteroatoms. The van der Waals surface area contributed by atoms with E-state index in [2.05, 4.69) is 170 Å². The summed E-state index contributed by atoms with van der Waals surface area (Å²) in [6.07, 6.45) is 0. The van der Waals surface area contributed by atoms with E-state index in [9.17, 15) is 0 Å². The number of hydrogen-bond donors (Lipinski definition) is 0. The van der Waals surface area contributed by atoms with Crippen molar-refractivity contribution >= 4 is 60.2 Å². The van der Waals surface area contributed by atoms with Gasteiger partial charge in [-0.2, -0.15) is 0 Å². The molecule has 2 aromatic heterocycles. The van der Waals surface area contributed by atoms with Gasteiger partial charge in [0.2, 0.25) is 0 Å². The van der Waals surface area contributed by atoms with Crippen molar-refractivity contribution in [3.63, 3.8) is 0 Å². The minimum atomic E-state index is -0.246. The van der Waals surface area contributed by atoms with Crippen LogP contribution >= 0.6 is 22.7 Å². The molecule has 0 saturated heterocycles. The molecule has 0 N–H and O–H groups in total. The molecule has 0 bridgehead atoms. The van der Waals surface area contributed by atoms with Gasteiger partial charge in [-0.1, -0.05) is 117 Å². The monoisotopic (exact) mass is 703 g/mol. The lowest BCUT2D eigenvalue weighted by Crippen LogP contribution is -2.30. The summed E-state index contributed by atoms with van der Waals surface area (Å²) in [5.74, 6) is 0. The first-order valence-corrected chi connectivity index (χ1v) is 19.2. The number of rotatable bonds is 5. The van der Waals surface area contributed by atoms with Gasteiger partial charge >= 0.3 is 0 Å². The van der Waals surface area contributed by atoms with Crippen molar-refractivity contribution in [1.29, 1.82) is 0 Å². The molecule has 10 rings (SSSR count). The molecular weight excluding hydrogens is 671 g/mol. The number of nitrogens with zero attached hydrogens (tertiary/aromatic N) is 3. The van der Waals surface area contributed by atoms with Crippen LogP contribution in [0.5, 0.6) is 0 Å². The van der Waals surface area contributed by atoms with Crippen molar-refractivity contribution < 1.29 is 0 Å². The lowest BCUT2D eigenvalue weighted by molar-refractivity contribution is 0.632. The summed E-state index contributed by atoms with van der Waals surface area (Å²) < 4.78 is 2.43. The van der Waals surface area contributed by atoms with Gasteiger partial charge < -0.3 is 4.90 Å². The quantitative estimate of drug-likeness (QED) is 0.179. The fraction of sp³-hybridized carbons (Fsp3) is 0.0638. The van der Waals surface area contributed by atoms with Gasteiger partial charge in [0.1, 0.15) is 10.0 Å². The lowest BCUT2D eigenvalue weighted by Gasteiger charge is -2.42. The smallest absolute Gasteiger partial charge is 0.124 e. The van der Waals surface area contributed by atoms with Gasteiger partial charge in [0.05, 0.1) is 31.8 Å². The largest absolute Gasteiger partial charge is 0.310 e. The van der Waals surface area contributed by atoms with Crippen LogP contribution in [-0.4, -0.2) is 9.97 Å². The van der Waals surface area contributed by atoms with E-state index < -0.39 is 0 Å². The molecular formula is C47H33N3S2. The number of thiazole rings is 2. The maximum Gasteiger partial charge on any atom is 0.124 e. The highest BCUT2D eigenvalue weighted by atomic mass is 32.1. The molecule has 7 aromatic carbocycles. The van der Waals surface area contributed by atoms with Crippen LogP contribution in [-0.2, 0) is 5.41 Å². The number of hydrogen-bond acceptors (Lipinski definition) is 5. The van der Waals surface area contributed by atoms with Gasteiger partial charge in [0, 0.05) is 22.2 Å². The van der Waals surface area contributed by atoms with Crippen molar-refractivity contribution in [2.75, 3.05) is 4.90 Å². The third-order valence-corrected chi connectivity index (χ3v) is 12.5. The number of benzene rings is 7. The summed E-state index contributed by atoms with van der Waals surface area (Å²) >= 11 is 3.49. The molecule has 0 unspecified atom stereocenters. The van der Waals surface area contributed by atoms with E-state index in [1.54, 1.807) is 22.7 Å². The van der Waals surface area contributed by atoms with E-state index in [-0.39, 0.29) is 5.41 Å². The first kappa shape index (κ1) is 30.9. The highest BCUT2D eigenvalue weighted by molar-refractivity contribution is 7.22. The Hall–Kier alpha value is -5.88. The normalized spacial score (nSPS) is 13.3. The third-order valence-electron chi connectivity index (χ3n) is 10.4. The van der Waals surface area contributed by atoms with Crippen molar-refractivity contribution in [2.45, 2.75) is 19.3 Å². The zero-order valence-electron chi connectivity index (χ0n) is 28.7. The van der Waals surface area contributed by atoms with Crippen molar-refractivity contribution in [1.82, 2.24) is 9.97 Å². The van der Waals surface area contributed by atoms with Gasteiger partial charge in [-0.15, -0.1) is 22.7 Å². The summed E-state index contributed by atoms with van der Waals surface area (Å²) in [6.45, 7) is 4.74. The van der Waals surface area contributed by atoms with E-state index >= 15 is 0 Å². The van der Waals surface area contributed by atoms with Crippen molar-refractivity contribution in [3.8, 4) is 43.4 Å². The van der Waals surface area contributed by atoms with Crippen LogP contribution in [0.3, 0.4) is 0 Å². The number of para-hydroxylation sites is 3. The number of anilines is 3. The maximum atomic E-state index is 4.89. The SMILES string of the molecule is CC1(C)c2cc(-c3ccc(-c4nc5ccccc5s4)cc3)ccc2N(c2ccccc2)c2ccc(-c3ccc(-c4nc5ccccc5s4)cc3)cc21. The Labute approximate surface area is 311 Å². The molecule has 0 radical (unpaired) electrons. The molecule has 52 heavy (non-hydrogen) atoms. The van der Waals surface area contributed by atoms with Crippen LogP contribution < -0.4 is 4.90 Å². The molecule has 3 nitrogen and oxygen atoms in total. The minimum Gasteiger partial charge on any atom is -0.310 e. The standard InChI is InChI=1S/C47H33N3S2/c1-47(2)37-28-34(30-16-20-32(21-17-30)45-48-39-12-6-8-14-43(39)51-45)24-26-41(37)50(36-10-4-3-5-11-36)42-27-25-35(29-38(42)47)31-18-22-33(23-19-31)46-49-40-13-7-9-15-44(40)52-46/h3-29H,1-2H3. The summed E-state index contributed by atoms with van der Waals surface area (Å²) in [4.78, 5) is 12.2. The number of aromatic nitrogens is 2. The van der Waals surface area contributed by atoms with Gasteiger partial charge in [-0.05, 0) is 94.0 Å². The zero-order chi connectivity index (χ0) is 34.8. The molecule has 0 saturated carbocycles. The Morgan fingerprint density at radius 1 is 0.423 bits per heavy atom. The van der Waals surface area contributed by atoms with E-state index in [0.29, 0.717) is 0 Å². The molecule has 1 aliphatic heterocycles. The first-order valence-electron chi connectivity index (χ1n) is 17.6. The molecule has 0 amide bonds. The van der Waals surface area contributed by atoms with E-state index in [1.165, 1.54) is 54.2 Å². The number of fused-ring (bicyclic) bond motifs is 4. The van der Waals surface area contributed by atoms with E-state index in [1.807, 2.05) is 12.1 Å². The second-order valence-corrected chi connectivity index (χ2v) is 15.9. The Morgan fingerprint density at radius 2 is 0.827 bits per heavy atom. The minimum absolute atomic E-state index is 0.246. The molecule has 248 valence electrons. The molecule has 3 heterocycles. The predicted molar refractivity (Wildman–Crippen MR) is 221 cm³/mol. The molecule has 1 aliphatic rings. The first-order chi connectivity index (χ1) is 25.5. The van der Waals surface area contributed by atoms with Gasteiger partial charge in [0.15, 0.2) is 0 Å². The summed E-state index contributed by atoms with van der Waals surface area (Å²) in [7, 11) is 0. The Balaban J connectivity index is 1.03. The molecule has 0 aliphatic carbocycles. The van der Waals surface area contributed by atoms with E-state index in [4.69, 9.17) is 9.97 Å². The topological polar surface area (TPSA) is 29.0 Å². The van der Waals surface area contributed by atoms with E-state index in [0.717, 1.165) is 37.9 Å². The third kappa shape index (κ3) is 5.16. The van der Waals surface area contributed by atoms with Crippen molar-refractivity contribution in [3.05, 3.63) is 175 Å². The fourth-order valence-corrected chi connectivity index (χ4v) is 9.50. The second-order valence-electron chi connectivity index (χ2n) is 13.9. The van der Waals surface area contributed by atoms with Crippen LogP contribution in [0.1, 0.15) is 25.0 Å². The molecule has 0 fully saturated rings. The van der Waals surface area contributed by atoms with Crippen LogP contribution in [0.2, 0.25) is 0 Å². The summed E-state index contributed by atoms with van der Waals surface area (Å²) in [6, 6.07) is 59.1. The summed E-state index contributed by atoms with van der Waals surface area (Å²) in [5.41, 5.74) is 15.2. The highest BCUT2D eigenvalue weighted by Gasteiger charge is 2.37. The predicted octanol–water partition coefficient (Wildman–Crippen LogP) is 13.7. The molecule has 0 atom stereocenters. The lowest BCUT2D eigenvalue weighted by atomic mass is 9.72. The van der Waals surface area contributed by atoms with Crippen LogP contribution in [0.25, 0.3) is 63.8 Å². The van der Waals surface area contributed by atoms with Gasteiger partial charge in [0.25, 0.3) is 0 Å². The van der Waals surface area contributed by atoms with Crippen LogP contribution in [0.15, 0.2) is 164 Å². The second kappa shape index (κ2) is 12.1. The Morgan fingerprint density at radius 3 is 1.29 bits per heavy atom. The van der Waals surface area contributed by atoms with Crippen LogP contribution in [0, 0.1) is 0 Å². The fourth-order valence-electron chi connectivity index (χ4n) is 7.55. The van der Waals surface area contributed by atoms with Crippen molar-refractivity contribution in [2.24, 2.45) is 0 Å². The average Bonchev–Trinajstić information content (AvgIpc) is 3.84. The Kier molecular flexibility index (Phi) is 7.20. The molecule has 9 aromatic rings. The van der Waals surface area contributed by atoms with Gasteiger partial charge in [-0.3, -0.25) is 0 Å². The average molecular weight is 704 g/mol. The maximum absolute atomic E-state index is 4.89.